The number of hydroxylamine groups is 1. The summed E-state index contributed by atoms with van der Waals surface area (Å²) in [5.74, 6) is -8.58. The first-order valence-corrected chi connectivity index (χ1v) is 27.6. The third-order valence-corrected chi connectivity index (χ3v) is 17.3. The van der Waals surface area contributed by atoms with Crippen LogP contribution in [0.2, 0.25) is 5.02 Å². The first-order chi connectivity index (χ1) is 35.5. The van der Waals surface area contributed by atoms with E-state index in [4.69, 9.17) is 40.1 Å². The topological polar surface area (TPSA) is 208 Å². The van der Waals surface area contributed by atoms with Gasteiger partial charge in [0.15, 0.2) is 5.78 Å². The van der Waals surface area contributed by atoms with Crippen LogP contribution in [0.15, 0.2) is 53.6 Å². The number of fused-ring (bicyclic) bond motifs is 16. The molecule has 418 valence electrons. The van der Waals surface area contributed by atoms with E-state index in [1.54, 1.807) is 41.1 Å². The van der Waals surface area contributed by atoms with E-state index >= 15 is 0 Å². The molecule has 0 spiro atoms. The number of hydrogen-bond donors (Lipinski definition) is 3. The maximum absolute atomic E-state index is 14.5. The van der Waals surface area contributed by atoms with Crippen molar-refractivity contribution < 1.29 is 67.8 Å². The smallest absolute Gasteiger partial charge is 0.329 e. The number of nitrogens with zero attached hydrogens (tertiary/aromatic N) is 2. The molecule has 1 aliphatic carbocycles. The lowest BCUT2D eigenvalue weighted by molar-refractivity contribution is -0.265. The van der Waals surface area contributed by atoms with Crippen LogP contribution >= 0.6 is 11.6 Å². The Kier molecular flexibility index (Phi) is 21.5. The van der Waals surface area contributed by atoms with Gasteiger partial charge >= 0.3 is 5.97 Å². The van der Waals surface area contributed by atoms with Gasteiger partial charge in [-0.15, -0.1) is 0 Å². The van der Waals surface area contributed by atoms with Gasteiger partial charge in [0, 0.05) is 63.5 Å². The van der Waals surface area contributed by atoms with Crippen molar-refractivity contribution in [1.82, 2.24) is 4.90 Å². The number of carbonyl (C=O) groups excluding carboxylic acids is 5. The molecule has 5 heterocycles. The summed E-state index contributed by atoms with van der Waals surface area (Å²) in [5, 5.41) is 36.9. The zero-order valence-corrected chi connectivity index (χ0v) is 46.8. The Hall–Kier alpha value is -3.84. The van der Waals surface area contributed by atoms with E-state index in [0.717, 1.165) is 16.8 Å². The monoisotopic (exact) mass is 1070 g/mol. The molecule has 2 saturated heterocycles. The second-order valence-electron chi connectivity index (χ2n) is 22.5. The number of esters is 1. The van der Waals surface area contributed by atoms with Gasteiger partial charge in [0.2, 0.25) is 5.79 Å². The molecule has 5 aliphatic heterocycles. The first kappa shape index (κ1) is 60.4. The van der Waals surface area contributed by atoms with Gasteiger partial charge in [-0.25, -0.2) is 9.86 Å². The zero-order chi connectivity index (χ0) is 55.1. The minimum absolute atomic E-state index is 0.0650. The van der Waals surface area contributed by atoms with Crippen LogP contribution in [-0.4, -0.2) is 144 Å². The van der Waals surface area contributed by atoms with Gasteiger partial charge < -0.3 is 43.9 Å². The Morgan fingerprint density at radius 1 is 0.853 bits per heavy atom. The number of hydrogen-bond acceptors (Lipinski definition) is 15. The molecule has 6 aliphatic rings. The Balaban J connectivity index is 1.36. The van der Waals surface area contributed by atoms with Crippen molar-refractivity contribution >= 4 is 46.5 Å². The summed E-state index contributed by atoms with van der Waals surface area (Å²) < 4.78 is 29.9. The zero-order valence-electron chi connectivity index (χ0n) is 46.1. The molecule has 17 atom stereocenters. The van der Waals surface area contributed by atoms with Crippen molar-refractivity contribution in [3.05, 3.63) is 64.2 Å². The Labute approximate surface area is 449 Å². The number of aliphatic hydroxyl groups excluding tert-OH is 2. The lowest BCUT2D eigenvalue weighted by Crippen LogP contribution is -2.61. The van der Waals surface area contributed by atoms with Gasteiger partial charge in [0.1, 0.15) is 36.2 Å². The van der Waals surface area contributed by atoms with Gasteiger partial charge in [-0.2, -0.15) is 0 Å². The van der Waals surface area contributed by atoms with Gasteiger partial charge in [0.25, 0.3) is 11.7 Å². The second-order valence-corrected chi connectivity index (χ2v) is 22.9. The SMILES string of the molecule is CO[C@H]1C[C@@H]2CC[C@@H](C)[C@@](O)(O2)C(=O)C(=O)N2CCCCC2C(=O)O[C@@H]([C@H](C)C[C@@H]2CC[C@@H](O)[C@H](OC)C2)CC(=O)[C@H](C)/C=C(/C)[C@@H](O)[C@@H](OC)C(=O)[C@H](C)C[C@H](C)[C@@H]2C=C[C@H](/C=C\1C)ON2c1ccc(Cl)c(C)c1. The van der Waals surface area contributed by atoms with Crippen LogP contribution in [0.5, 0.6) is 0 Å². The average molecular weight is 1070 g/mol. The molecule has 3 N–H and O–H groups in total. The molecule has 17 heteroatoms. The number of halogens is 1. The molecule has 0 aromatic heterocycles. The van der Waals surface area contributed by atoms with Crippen molar-refractivity contribution in [3.8, 4) is 0 Å². The van der Waals surface area contributed by atoms with Crippen LogP contribution in [0.3, 0.4) is 0 Å². The number of carbonyl (C=O) groups is 5. The molecule has 1 unspecified atom stereocenters. The van der Waals surface area contributed by atoms with Crippen LogP contribution in [0.1, 0.15) is 131 Å². The highest BCUT2D eigenvalue weighted by Crippen LogP contribution is 2.39. The van der Waals surface area contributed by atoms with Crippen LogP contribution < -0.4 is 5.06 Å². The number of piperidine rings is 1. The lowest BCUT2D eigenvalue weighted by atomic mass is 9.78. The maximum atomic E-state index is 14.5. The maximum Gasteiger partial charge on any atom is 0.329 e. The highest BCUT2D eigenvalue weighted by Gasteiger charge is 2.53. The van der Waals surface area contributed by atoms with E-state index in [0.29, 0.717) is 68.4 Å². The van der Waals surface area contributed by atoms with Crippen molar-refractivity contribution in [2.45, 2.75) is 199 Å². The number of Topliss-reactive ketones (excluding diaryl/α,β-unsaturated/α-hetero) is 3. The molecule has 7 rings (SSSR count). The molecule has 1 aromatic carbocycles. The molecule has 3 fully saturated rings. The fourth-order valence-corrected chi connectivity index (χ4v) is 12.1. The second kappa shape index (κ2) is 26.7. The molecule has 75 heavy (non-hydrogen) atoms. The van der Waals surface area contributed by atoms with Crippen LogP contribution in [0.25, 0.3) is 0 Å². The summed E-state index contributed by atoms with van der Waals surface area (Å²) in [6.45, 7) is 14.6. The fourth-order valence-electron chi connectivity index (χ4n) is 12.0. The molecule has 16 nitrogen and oxygen atoms in total. The predicted molar refractivity (Wildman–Crippen MR) is 283 cm³/mol. The summed E-state index contributed by atoms with van der Waals surface area (Å²) in [7, 11) is 4.51. The third kappa shape index (κ3) is 14.5. The first-order valence-electron chi connectivity index (χ1n) is 27.3. The third-order valence-electron chi connectivity index (χ3n) is 16.9. The van der Waals surface area contributed by atoms with Gasteiger partial charge in [-0.1, -0.05) is 64.4 Å². The number of allylic oxidation sites excluding steroid dienone is 1. The Morgan fingerprint density at radius 3 is 2.27 bits per heavy atom. The molecule has 1 amide bonds. The quantitative estimate of drug-likeness (QED) is 0.135. The van der Waals surface area contributed by atoms with Crippen LogP contribution in [0, 0.1) is 42.4 Å². The van der Waals surface area contributed by atoms with E-state index < -0.39 is 90.0 Å². The Bertz CT molecular complexity index is 2270. The number of anilines is 1. The van der Waals surface area contributed by atoms with E-state index in [2.05, 4.69) is 6.08 Å². The largest absolute Gasteiger partial charge is 0.460 e. The number of amides is 1. The van der Waals surface area contributed by atoms with Crippen molar-refractivity contribution in [2.24, 2.45) is 35.5 Å². The molecule has 0 radical (unpaired) electrons. The summed E-state index contributed by atoms with van der Waals surface area (Å²) in [6.07, 6.45) is 6.19. The van der Waals surface area contributed by atoms with Crippen LogP contribution in [-0.2, 0) is 52.5 Å². The fraction of sp³-hybridized carbons (Fsp3) is 0.707. The number of ketones is 3. The van der Waals surface area contributed by atoms with E-state index in [1.165, 1.54) is 12.0 Å². The molecular weight excluding hydrogens is 984 g/mol. The van der Waals surface area contributed by atoms with E-state index in [1.807, 2.05) is 70.0 Å². The lowest BCUT2D eigenvalue weighted by Gasteiger charge is -2.43. The molecule has 1 aromatic rings. The Morgan fingerprint density at radius 2 is 1.59 bits per heavy atom. The number of benzene rings is 1. The summed E-state index contributed by atoms with van der Waals surface area (Å²) in [5.41, 5.74) is 2.76. The van der Waals surface area contributed by atoms with Crippen molar-refractivity contribution in [1.29, 1.82) is 0 Å². The standard InChI is InChI=1S/C58H85ClN2O14/c1-32-27-41(17-20-44(32)59)61-45-21-19-43(75-61)28-36(5)49(70-9)30-42-18-15-39(8)58(69,74-42)55(66)56(67)60-23-13-12-14-46(60)57(68)73-50(35(4)26-40-16-22-47(62)51(29-40)71-10)31-48(63)34(3)25-38(7)53(65)54(72-11)52(64)37(6)24-33(45)2/h17,19-21,25,27-28,33-35,37,39-40,42-43,45-47,49-51,53-54,62,65,69H,12-16,18,22-24,26,29-31H2,1-11H3/b36-28-,38-25-/t33-,34+,35+,37+,39+,40-,42-,43+,45-,46?,47+,49-,50+,51+,53+,54-,58+/m0/s1. The minimum Gasteiger partial charge on any atom is -0.460 e. The van der Waals surface area contributed by atoms with E-state index in [-0.39, 0.29) is 67.3 Å². The summed E-state index contributed by atoms with van der Waals surface area (Å²) >= 11 is 6.49. The van der Waals surface area contributed by atoms with Crippen LogP contribution in [0.4, 0.5) is 5.69 Å². The highest BCUT2D eigenvalue weighted by atomic mass is 35.5. The molecular formula is C58H85ClN2O14. The number of rotatable bonds is 7. The van der Waals surface area contributed by atoms with Gasteiger partial charge in [-0.05, 0) is 144 Å². The molecule has 1 saturated carbocycles. The number of aryl methyl sites for hydroxylation is 1. The average Bonchev–Trinajstić information content (AvgIpc) is 3.39. The summed E-state index contributed by atoms with van der Waals surface area (Å²) in [6, 6.07) is 4.13. The molecule has 4 bridgehead atoms. The normalized spacial score (nSPS) is 38.5. The van der Waals surface area contributed by atoms with Gasteiger partial charge in [0.05, 0.1) is 36.1 Å². The number of methoxy groups -OCH3 is 3. The van der Waals surface area contributed by atoms with Gasteiger partial charge in [-0.3, -0.25) is 24.0 Å². The summed E-state index contributed by atoms with van der Waals surface area (Å²) in [4.78, 5) is 79.9. The van der Waals surface area contributed by atoms with E-state index in [9.17, 15) is 39.3 Å². The minimum atomic E-state index is -2.49. The predicted octanol–water partition coefficient (Wildman–Crippen LogP) is 7.78. The van der Waals surface area contributed by atoms with Crippen molar-refractivity contribution in [3.63, 3.8) is 0 Å². The number of aliphatic hydroxyl groups is 3. The highest BCUT2D eigenvalue weighted by molar-refractivity contribution is 6.39. The van der Waals surface area contributed by atoms with Crippen molar-refractivity contribution in [2.75, 3.05) is 32.9 Å². The number of ether oxygens (including phenoxy) is 5.